The molecule has 1 aromatic carbocycles. The van der Waals surface area contributed by atoms with Gasteiger partial charge in [-0.25, -0.2) is 5.10 Å². The highest BCUT2D eigenvalue weighted by atomic mass is 16.1. The number of nitrogens with zero attached hydrogens (tertiary/aromatic N) is 5. The van der Waals surface area contributed by atoms with Crippen molar-refractivity contribution in [1.29, 1.82) is 0 Å². The van der Waals surface area contributed by atoms with Crippen molar-refractivity contribution in [3.8, 4) is 0 Å². The first-order valence-electron chi connectivity index (χ1n) is 7.80. The van der Waals surface area contributed by atoms with Crippen molar-refractivity contribution >= 4 is 11.6 Å². The van der Waals surface area contributed by atoms with Crippen LogP contribution < -0.4 is 10.9 Å². The molecule has 0 aliphatic carbocycles. The highest BCUT2D eigenvalue weighted by Crippen LogP contribution is 2.37. The second-order valence-electron chi connectivity index (χ2n) is 6.22. The molecular weight excluding hydrogens is 306 g/mol. The standard InChI is InChI=1S/C16H17N7O/c1-8(2)10-4-6-11(7-5-10)14-12-9(3)18-19-15(24)13(12)17-16-20-21-22-23(14)16/h4-8,14H,1-3H3,(H,19,24)(H,17,20,22)/t14-/m1/s1. The van der Waals surface area contributed by atoms with Gasteiger partial charge in [0.2, 0.25) is 5.95 Å². The molecule has 0 unspecified atom stereocenters. The molecule has 24 heavy (non-hydrogen) atoms. The molecule has 0 amide bonds. The van der Waals surface area contributed by atoms with E-state index in [1.54, 1.807) is 4.68 Å². The van der Waals surface area contributed by atoms with Crippen LogP contribution in [-0.4, -0.2) is 30.4 Å². The molecule has 1 atom stereocenters. The van der Waals surface area contributed by atoms with E-state index in [1.807, 2.05) is 6.92 Å². The highest BCUT2D eigenvalue weighted by molar-refractivity contribution is 5.64. The van der Waals surface area contributed by atoms with Crippen molar-refractivity contribution in [3.63, 3.8) is 0 Å². The Morgan fingerprint density at radius 1 is 1.21 bits per heavy atom. The molecule has 8 nitrogen and oxygen atoms in total. The summed E-state index contributed by atoms with van der Waals surface area (Å²) in [5.41, 5.74) is 3.94. The van der Waals surface area contributed by atoms with Gasteiger partial charge in [-0.3, -0.25) is 4.79 Å². The van der Waals surface area contributed by atoms with E-state index in [9.17, 15) is 4.79 Å². The van der Waals surface area contributed by atoms with Gasteiger partial charge in [0.25, 0.3) is 5.56 Å². The van der Waals surface area contributed by atoms with Crippen molar-refractivity contribution in [3.05, 3.63) is 57.0 Å². The molecule has 4 rings (SSSR count). The van der Waals surface area contributed by atoms with Crippen molar-refractivity contribution in [2.75, 3.05) is 5.32 Å². The Morgan fingerprint density at radius 3 is 2.67 bits per heavy atom. The van der Waals surface area contributed by atoms with Gasteiger partial charge in [0.15, 0.2) is 0 Å². The zero-order valence-electron chi connectivity index (χ0n) is 13.6. The van der Waals surface area contributed by atoms with Crippen LogP contribution in [0.2, 0.25) is 0 Å². The van der Waals surface area contributed by atoms with Gasteiger partial charge < -0.3 is 5.32 Å². The molecular formula is C16H17N7O. The lowest BCUT2D eigenvalue weighted by Crippen LogP contribution is -2.29. The minimum absolute atomic E-state index is 0.284. The van der Waals surface area contributed by atoms with E-state index in [0.717, 1.165) is 16.8 Å². The number of fused-ring (bicyclic) bond motifs is 2. The summed E-state index contributed by atoms with van der Waals surface area (Å²) >= 11 is 0. The lowest BCUT2D eigenvalue weighted by Gasteiger charge is -2.27. The fourth-order valence-electron chi connectivity index (χ4n) is 3.07. The molecule has 2 aromatic heterocycles. The Morgan fingerprint density at radius 2 is 1.96 bits per heavy atom. The van der Waals surface area contributed by atoms with E-state index in [0.29, 0.717) is 17.6 Å². The summed E-state index contributed by atoms with van der Waals surface area (Å²) in [6.45, 7) is 6.17. The Kier molecular flexibility index (Phi) is 3.19. The fraction of sp³-hybridized carbons (Fsp3) is 0.312. The molecule has 0 spiro atoms. The first-order chi connectivity index (χ1) is 11.6. The number of H-pyrrole nitrogens is 1. The maximum atomic E-state index is 12.2. The number of anilines is 2. The van der Waals surface area contributed by atoms with Crippen molar-refractivity contribution < 1.29 is 0 Å². The minimum atomic E-state index is -0.290. The van der Waals surface area contributed by atoms with Crippen molar-refractivity contribution in [1.82, 2.24) is 30.4 Å². The zero-order valence-corrected chi connectivity index (χ0v) is 13.6. The summed E-state index contributed by atoms with van der Waals surface area (Å²) in [6.07, 6.45) is 0. The molecule has 0 saturated heterocycles. The zero-order chi connectivity index (χ0) is 16.8. The number of hydrogen-bond donors (Lipinski definition) is 2. The summed E-state index contributed by atoms with van der Waals surface area (Å²) in [5.74, 6) is 0.894. The molecule has 0 radical (unpaired) electrons. The van der Waals surface area contributed by atoms with Crippen LogP contribution >= 0.6 is 0 Å². The summed E-state index contributed by atoms with van der Waals surface area (Å²) < 4.78 is 1.68. The van der Waals surface area contributed by atoms with Crippen LogP contribution in [0.1, 0.15) is 48.2 Å². The number of hydrogen-bond acceptors (Lipinski definition) is 6. The maximum Gasteiger partial charge on any atom is 0.288 e. The van der Waals surface area contributed by atoms with Gasteiger partial charge in [-0.1, -0.05) is 43.2 Å². The van der Waals surface area contributed by atoms with Crippen LogP contribution in [0.5, 0.6) is 0 Å². The third-order valence-electron chi connectivity index (χ3n) is 4.38. The molecule has 2 N–H and O–H groups in total. The van der Waals surface area contributed by atoms with Crippen LogP contribution in [0.25, 0.3) is 0 Å². The van der Waals surface area contributed by atoms with Crippen molar-refractivity contribution in [2.24, 2.45) is 0 Å². The fourth-order valence-corrected chi connectivity index (χ4v) is 3.07. The third-order valence-corrected chi connectivity index (χ3v) is 4.38. The molecule has 122 valence electrons. The van der Waals surface area contributed by atoms with Gasteiger partial charge in [-0.15, -0.1) is 0 Å². The van der Waals surface area contributed by atoms with Gasteiger partial charge >= 0.3 is 0 Å². The van der Waals surface area contributed by atoms with E-state index in [1.165, 1.54) is 5.56 Å². The van der Waals surface area contributed by atoms with Crippen LogP contribution in [0.3, 0.4) is 0 Å². The molecule has 0 bridgehead atoms. The SMILES string of the molecule is Cc1n[nH]c(=O)c2c1[C@@H](c1ccc(C(C)C)cc1)n1nnnc1N2. The Bertz CT molecular complexity index is 955. The van der Waals surface area contributed by atoms with Gasteiger partial charge in [0.05, 0.1) is 5.69 Å². The molecule has 1 aliphatic heterocycles. The minimum Gasteiger partial charge on any atom is -0.318 e. The third kappa shape index (κ3) is 2.10. The van der Waals surface area contributed by atoms with Gasteiger partial charge in [0, 0.05) is 5.56 Å². The Hall–Kier alpha value is -3.03. The van der Waals surface area contributed by atoms with Gasteiger partial charge in [0.1, 0.15) is 11.7 Å². The van der Waals surface area contributed by atoms with E-state index in [2.05, 4.69) is 69.2 Å². The molecule has 3 heterocycles. The number of aryl methyl sites for hydroxylation is 1. The molecule has 3 aromatic rings. The van der Waals surface area contributed by atoms with Crippen molar-refractivity contribution in [2.45, 2.75) is 32.7 Å². The first-order valence-corrected chi connectivity index (χ1v) is 7.80. The predicted octanol–water partition coefficient (Wildman–Crippen LogP) is 1.88. The Balaban J connectivity index is 1.93. The monoisotopic (exact) mass is 323 g/mol. The smallest absolute Gasteiger partial charge is 0.288 e. The second kappa shape index (κ2) is 5.26. The number of aromatic nitrogens is 6. The maximum absolute atomic E-state index is 12.2. The lowest BCUT2D eigenvalue weighted by atomic mass is 9.93. The van der Waals surface area contributed by atoms with E-state index < -0.39 is 0 Å². The predicted molar refractivity (Wildman–Crippen MR) is 88.5 cm³/mol. The Labute approximate surface area is 137 Å². The van der Waals surface area contributed by atoms with Gasteiger partial charge in [-0.2, -0.15) is 9.78 Å². The second-order valence-corrected chi connectivity index (χ2v) is 6.22. The summed E-state index contributed by atoms with van der Waals surface area (Å²) in [4.78, 5) is 12.2. The molecule has 1 aliphatic rings. The number of rotatable bonds is 2. The summed E-state index contributed by atoms with van der Waals surface area (Å²) in [6, 6.07) is 8.02. The van der Waals surface area contributed by atoms with E-state index >= 15 is 0 Å². The first kappa shape index (κ1) is 14.6. The largest absolute Gasteiger partial charge is 0.318 e. The average molecular weight is 323 g/mol. The van der Waals surface area contributed by atoms with Crippen LogP contribution in [0, 0.1) is 6.92 Å². The number of aromatic amines is 1. The van der Waals surface area contributed by atoms with Gasteiger partial charge in [-0.05, 0) is 34.4 Å². The quantitative estimate of drug-likeness (QED) is 0.584. The number of benzene rings is 1. The average Bonchev–Trinajstić information content (AvgIpc) is 3.05. The molecule has 0 fully saturated rings. The number of tetrazole rings is 1. The summed E-state index contributed by atoms with van der Waals surface area (Å²) in [5, 5.41) is 21.4. The normalized spacial score (nSPS) is 15.8. The molecule has 8 heteroatoms. The lowest BCUT2D eigenvalue weighted by molar-refractivity contribution is 0.562. The highest BCUT2D eigenvalue weighted by Gasteiger charge is 2.32. The van der Waals surface area contributed by atoms with Crippen LogP contribution in [0.4, 0.5) is 11.6 Å². The topological polar surface area (TPSA) is 101 Å². The molecule has 0 saturated carbocycles. The van der Waals surface area contributed by atoms with Crippen LogP contribution in [0.15, 0.2) is 29.1 Å². The summed E-state index contributed by atoms with van der Waals surface area (Å²) in [7, 11) is 0. The van der Waals surface area contributed by atoms with Crippen LogP contribution in [-0.2, 0) is 0 Å². The van der Waals surface area contributed by atoms with E-state index in [4.69, 9.17) is 0 Å². The number of nitrogens with one attached hydrogen (secondary N) is 2. The van der Waals surface area contributed by atoms with E-state index in [-0.39, 0.29) is 11.6 Å².